The number of hydrogen-bond acceptors (Lipinski definition) is 5. The highest BCUT2D eigenvalue weighted by atomic mass is 35.5. The molecule has 0 aromatic carbocycles. The maximum atomic E-state index is 11.2. The molecule has 0 saturated carbocycles. The fraction of sp³-hybridized carbons (Fsp3) is 0.625. The van der Waals surface area contributed by atoms with Crippen LogP contribution in [0.2, 0.25) is 0 Å². The molecule has 1 aliphatic rings. The lowest BCUT2D eigenvalue weighted by atomic mass is 10.2. The Morgan fingerprint density at radius 2 is 2.06 bits per heavy atom. The minimum absolute atomic E-state index is 0. The van der Waals surface area contributed by atoms with Crippen molar-refractivity contribution in [2.75, 3.05) is 12.3 Å². The third kappa shape index (κ3) is 3.97. The van der Waals surface area contributed by atoms with Crippen molar-refractivity contribution in [1.29, 1.82) is 5.41 Å². The smallest absolute Gasteiger partial charge is 0.404 e. The molecule has 2 atom stereocenters. The Balaban J connectivity index is 0.00000256. The van der Waals surface area contributed by atoms with E-state index in [2.05, 4.69) is 12.6 Å². The van der Waals surface area contributed by atoms with Crippen LogP contribution in [0.1, 0.15) is 6.42 Å². The van der Waals surface area contributed by atoms with Crippen LogP contribution in [-0.4, -0.2) is 47.2 Å². The molecule has 5 N–H and O–H groups in total. The van der Waals surface area contributed by atoms with E-state index in [0.29, 0.717) is 0 Å². The van der Waals surface area contributed by atoms with Crippen molar-refractivity contribution in [2.24, 2.45) is 11.5 Å². The number of hydrogen-bond donors (Lipinski definition) is 4. The monoisotopic (exact) mass is 282 g/mol. The van der Waals surface area contributed by atoms with E-state index in [4.69, 9.17) is 21.6 Å². The van der Waals surface area contributed by atoms with Crippen LogP contribution < -0.4 is 11.5 Å². The number of nitrogens with two attached hydrogens (primary N) is 2. The number of amides is 2. The number of ether oxygens (including phenoxy) is 1. The summed E-state index contributed by atoms with van der Waals surface area (Å²) in [5.41, 5.74) is 10.1. The molecule has 1 heterocycles. The van der Waals surface area contributed by atoms with E-state index in [1.54, 1.807) is 0 Å². The van der Waals surface area contributed by atoms with Crippen molar-refractivity contribution < 1.29 is 14.3 Å². The molecular formula is C8H15ClN4O3S. The molecule has 0 unspecified atom stereocenters. The normalized spacial score (nSPS) is 22.8. The molecule has 7 nitrogen and oxygen atoms in total. The van der Waals surface area contributed by atoms with Crippen LogP contribution in [0, 0.1) is 5.41 Å². The maximum absolute atomic E-state index is 11.2. The van der Waals surface area contributed by atoms with Crippen molar-refractivity contribution in [1.82, 2.24) is 4.90 Å². The van der Waals surface area contributed by atoms with E-state index in [-0.39, 0.29) is 37.0 Å². The van der Waals surface area contributed by atoms with Gasteiger partial charge < -0.3 is 21.1 Å². The fourth-order valence-corrected chi connectivity index (χ4v) is 1.89. The molecule has 0 spiro atoms. The summed E-state index contributed by atoms with van der Waals surface area (Å²) < 4.78 is 4.78. The van der Waals surface area contributed by atoms with Gasteiger partial charge in [0.15, 0.2) is 0 Å². The molecule has 1 aliphatic heterocycles. The summed E-state index contributed by atoms with van der Waals surface area (Å²) in [7, 11) is 0. The first-order chi connectivity index (χ1) is 7.45. The maximum Gasteiger partial charge on any atom is 0.404 e. The molecular weight excluding hydrogens is 268 g/mol. The zero-order valence-corrected chi connectivity index (χ0v) is 10.7. The number of halogens is 1. The quantitative estimate of drug-likeness (QED) is 0.312. The second-order valence-electron chi connectivity index (χ2n) is 3.47. The van der Waals surface area contributed by atoms with E-state index in [0.717, 1.165) is 0 Å². The number of carbonyl (C=O) groups excluding carboxylic acids is 2. The highest BCUT2D eigenvalue weighted by Crippen LogP contribution is 2.20. The molecule has 1 rings (SSSR count). The molecule has 9 heteroatoms. The van der Waals surface area contributed by atoms with Gasteiger partial charge in [-0.3, -0.25) is 10.2 Å². The van der Waals surface area contributed by atoms with Crippen molar-refractivity contribution in [3.05, 3.63) is 0 Å². The van der Waals surface area contributed by atoms with Crippen molar-refractivity contribution >= 4 is 42.9 Å². The predicted molar refractivity (Wildman–Crippen MR) is 67.6 cm³/mol. The molecule has 1 saturated heterocycles. The molecule has 2 amide bonds. The summed E-state index contributed by atoms with van der Waals surface area (Å²) >= 11 is 3.95. The number of amidine groups is 1. The Morgan fingerprint density at radius 3 is 2.47 bits per heavy atom. The summed E-state index contributed by atoms with van der Waals surface area (Å²) in [5.74, 6) is -0.197. The summed E-state index contributed by atoms with van der Waals surface area (Å²) in [6, 6.07) is -0.635. The molecule has 98 valence electrons. The first-order valence-electron chi connectivity index (χ1n) is 4.66. The minimum atomic E-state index is -0.896. The summed E-state index contributed by atoms with van der Waals surface area (Å²) in [5, 5.41) is 7.60. The zero-order valence-electron chi connectivity index (χ0n) is 8.96. The number of carbonyl (C=O) groups is 2. The second kappa shape index (κ2) is 6.55. The lowest BCUT2D eigenvalue weighted by Crippen LogP contribution is -2.44. The van der Waals surface area contributed by atoms with Crippen molar-refractivity contribution in [2.45, 2.75) is 18.6 Å². The first kappa shape index (κ1) is 15.9. The average molecular weight is 283 g/mol. The molecule has 0 radical (unpaired) electrons. The Labute approximate surface area is 110 Å². The number of rotatable bonds is 3. The molecule has 17 heavy (non-hydrogen) atoms. The van der Waals surface area contributed by atoms with E-state index < -0.39 is 24.1 Å². The molecule has 1 fully saturated rings. The Kier molecular flexibility index (Phi) is 6.11. The van der Waals surface area contributed by atoms with Gasteiger partial charge in [0, 0.05) is 12.2 Å². The molecule has 0 aromatic heterocycles. The predicted octanol–water partition coefficient (Wildman–Crippen LogP) is -0.661. The third-order valence-electron chi connectivity index (χ3n) is 2.37. The first-order valence-corrected chi connectivity index (χ1v) is 5.29. The number of nitrogens with zero attached hydrogens (tertiary/aromatic N) is 1. The van der Waals surface area contributed by atoms with Gasteiger partial charge >= 0.3 is 6.09 Å². The van der Waals surface area contributed by atoms with Gasteiger partial charge in [0.2, 0.25) is 5.91 Å². The van der Waals surface area contributed by atoms with Crippen LogP contribution >= 0.6 is 25.0 Å². The lowest BCUT2D eigenvalue weighted by molar-refractivity contribution is -0.121. The number of nitrogens with one attached hydrogen (secondary N) is 1. The Morgan fingerprint density at radius 1 is 1.47 bits per heavy atom. The van der Waals surface area contributed by atoms with E-state index >= 15 is 0 Å². The van der Waals surface area contributed by atoms with E-state index in [9.17, 15) is 9.59 Å². The molecule has 0 bridgehead atoms. The van der Waals surface area contributed by atoms with Gasteiger partial charge in [-0.05, 0) is 0 Å². The number of thiol groups is 1. The van der Waals surface area contributed by atoms with Gasteiger partial charge in [-0.25, -0.2) is 4.79 Å². The number of likely N-dealkylation sites (tertiary alicyclic amines) is 1. The summed E-state index contributed by atoms with van der Waals surface area (Å²) in [6.45, 7) is 0.246. The van der Waals surface area contributed by atoms with Crippen molar-refractivity contribution in [3.8, 4) is 0 Å². The van der Waals surface area contributed by atoms with Crippen LogP contribution in [0.3, 0.4) is 0 Å². The van der Waals surface area contributed by atoms with Crippen molar-refractivity contribution in [3.63, 3.8) is 0 Å². The van der Waals surface area contributed by atoms with Gasteiger partial charge in [-0.1, -0.05) is 0 Å². The van der Waals surface area contributed by atoms with Crippen LogP contribution in [0.15, 0.2) is 0 Å². The lowest BCUT2D eigenvalue weighted by Gasteiger charge is -2.23. The number of primary amides is 2. The van der Waals surface area contributed by atoms with Crippen LogP contribution in [0.5, 0.6) is 0 Å². The SMILES string of the molecule is Cl.N=C(CS)N1C[C@H](OC(N)=O)C[C@H]1C(N)=O. The van der Waals surface area contributed by atoms with Gasteiger partial charge in [-0.2, -0.15) is 12.6 Å². The summed E-state index contributed by atoms with van der Waals surface area (Å²) in [6.07, 6.45) is -1.14. The average Bonchev–Trinajstić information content (AvgIpc) is 2.59. The highest BCUT2D eigenvalue weighted by molar-refractivity contribution is 7.81. The van der Waals surface area contributed by atoms with E-state index in [1.165, 1.54) is 4.90 Å². The summed E-state index contributed by atoms with van der Waals surface area (Å²) in [4.78, 5) is 23.2. The molecule has 0 aromatic rings. The van der Waals surface area contributed by atoms with Gasteiger partial charge in [0.1, 0.15) is 18.0 Å². The Bertz CT molecular complexity index is 328. The van der Waals surface area contributed by atoms with Gasteiger partial charge in [0.25, 0.3) is 0 Å². The zero-order chi connectivity index (χ0) is 12.3. The fourth-order valence-electron chi connectivity index (χ4n) is 1.71. The standard InChI is InChI=1S/C8H14N4O3S.ClH/c9-6(3-16)12-2-4(15-8(11)14)1-5(12)7(10)13;/h4-5,9,16H,1-3H2,(H2,10,13)(H2,11,14);1H/t4-,5+;/m1./s1. The van der Waals surface area contributed by atoms with Gasteiger partial charge in [0.05, 0.1) is 6.54 Å². The van der Waals surface area contributed by atoms with Crippen LogP contribution in [0.4, 0.5) is 4.79 Å². The van der Waals surface area contributed by atoms with Gasteiger partial charge in [-0.15, -0.1) is 12.4 Å². The molecule has 0 aliphatic carbocycles. The van der Waals surface area contributed by atoms with E-state index in [1.807, 2.05) is 0 Å². The van der Waals surface area contributed by atoms with Crippen LogP contribution in [-0.2, 0) is 9.53 Å². The largest absolute Gasteiger partial charge is 0.444 e. The highest BCUT2D eigenvalue weighted by Gasteiger charge is 2.38. The minimum Gasteiger partial charge on any atom is -0.444 e. The second-order valence-corrected chi connectivity index (χ2v) is 3.79. The topological polar surface area (TPSA) is 122 Å². The third-order valence-corrected chi connectivity index (χ3v) is 2.67. The van der Waals surface area contributed by atoms with Crippen LogP contribution in [0.25, 0.3) is 0 Å². The Hall–Kier alpha value is -1.15.